The number of esters is 2. The molecule has 0 saturated heterocycles. The van der Waals surface area contributed by atoms with Crippen LogP contribution in [0.2, 0.25) is 0 Å². The van der Waals surface area contributed by atoms with Gasteiger partial charge < -0.3 is 19.7 Å². The lowest BCUT2D eigenvalue weighted by molar-refractivity contribution is -0.145. The third-order valence-corrected chi connectivity index (χ3v) is 1.74. The Morgan fingerprint density at radius 2 is 1.53 bits per heavy atom. The molecule has 17 heavy (non-hydrogen) atoms. The molecule has 0 saturated carbocycles. The molecule has 0 amide bonds. The molecule has 6 heteroatoms. The van der Waals surface area contributed by atoms with E-state index in [0.29, 0.717) is 12.8 Å². The lowest BCUT2D eigenvalue weighted by atomic mass is 10.3. The second kappa shape index (κ2) is 8.43. The molecule has 0 spiro atoms. The molecule has 6 nitrogen and oxygen atoms in total. The van der Waals surface area contributed by atoms with E-state index in [9.17, 15) is 14.7 Å². The van der Waals surface area contributed by atoms with Crippen LogP contribution in [0.5, 0.6) is 0 Å². The molecule has 0 heterocycles. The Balaban J connectivity index is 4.12. The van der Waals surface area contributed by atoms with E-state index >= 15 is 0 Å². The van der Waals surface area contributed by atoms with E-state index in [1.807, 2.05) is 0 Å². The molecule has 0 aliphatic heterocycles. The number of aliphatic hydroxyl groups is 2. The highest BCUT2D eigenvalue weighted by molar-refractivity contribution is 5.70. The van der Waals surface area contributed by atoms with Gasteiger partial charge in [-0.1, -0.05) is 13.8 Å². The molecule has 2 N–H and O–H groups in total. The van der Waals surface area contributed by atoms with Gasteiger partial charge >= 0.3 is 17.9 Å². The zero-order chi connectivity index (χ0) is 13.3. The summed E-state index contributed by atoms with van der Waals surface area (Å²) in [5, 5.41) is 18.4. The van der Waals surface area contributed by atoms with Crippen LogP contribution in [0.15, 0.2) is 11.7 Å². The molecule has 0 aliphatic rings. The fourth-order valence-electron chi connectivity index (χ4n) is 0.909. The molecular formula is C11H18O6. The lowest BCUT2D eigenvalue weighted by Crippen LogP contribution is -2.11. The Bertz CT molecular complexity index is 294. The van der Waals surface area contributed by atoms with Gasteiger partial charge in [-0.15, -0.1) is 0 Å². The predicted octanol–water partition coefficient (Wildman–Crippen LogP) is 1.96. The SMILES string of the molecule is CCCC(=O)OC/C(O)=C(/O)OC(=O)CCC. The number of hydrogen-bond donors (Lipinski definition) is 2. The van der Waals surface area contributed by atoms with Gasteiger partial charge in [0.15, 0.2) is 6.61 Å². The van der Waals surface area contributed by atoms with Crippen molar-refractivity contribution in [3.05, 3.63) is 11.7 Å². The number of ether oxygens (including phenoxy) is 2. The first kappa shape index (κ1) is 15.3. The molecular weight excluding hydrogens is 228 g/mol. The average molecular weight is 246 g/mol. The van der Waals surface area contributed by atoms with E-state index in [2.05, 4.69) is 9.47 Å². The van der Waals surface area contributed by atoms with Crippen LogP contribution in [0.1, 0.15) is 39.5 Å². The van der Waals surface area contributed by atoms with Crippen LogP contribution in [0.25, 0.3) is 0 Å². The summed E-state index contributed by atoms with van der Waals surface area (Å²) in [6.07, 6.45) is 1.55. The summed E-state index contributed by atoms with van der Waals surface area (Å²) >= 11 is 0. The molecule has 0 aromatic heterocycles. The molecule has 0 atom stereocenters. The molecule has 0 bridgehead atoms. The van der Waals surface area contributed by atoms with Crippen molar-refractivity contribution in [2.75, 3.05) is 6.61 Å². The Morgan fingerprint density at radius 1 is 1.00 bits per heavy atom. The topological polar surface area (TPSA) is 93.1 Å². The van der Waals surface area contributed by atoms with Gasteiger partial charge in [0.2, 0.25) is 5.76 Å². The normalized spacial score (nSPS) is 11.6. The van der Waals surface area contributed by atoms with Crippen LogP contribution in [0.4, 0.5) is 0 Å². The Labute approximate surface area is 99.8 Å². The van der Waals surface area contributed by atoms with Crippen LogP contribution < -0.4 is 0 Å². The van der Waals surface area contributed by atoms with Gasteiger partial charge in [-0.25, -0.2) is 0 Å². The molecule has 0 fully saturated rings. The smallest absolute Gasteiger partial charge is 0.327 e. The van der Waals surface area contributed by atoms with Crippen molar-refractivity contribution in [3.63, 3.8) is 0 Å². The number of rotatable bonds is 7. The highest BCUT2D eigenvalue weighted by Crippen LogP contribution is 2.04. The third-order valence-electron chi connectivity index (χ3n) is 1.74. The van der Waals surface area contributed by atoms with Crippen LogP contribution >= 0.6 is 0 Å². The zero-order valence-corrected chi connectivity index (χ0v) is 10.1. The minimum absolute atomic E-state index is 0.132. The van der Waals surface area contributed by atoms with E-state index in [4.69, 9.17) is 5.11 Å². The number of hydrogen-bond acceptors (Lipinski definition) is 6. The van der Waals surface area contributed by atoms with Crippen LogP contribution in [0, 0.1) is 0 Å². The Kier molecular flexibility index (Phi) is 7.58. The van der Waals surface area contributed by atoms with Crippen LogP contribution in [0.3, 0.4) is 0 Å². The highest BCUT2D eigenvalue weighted by atomic mass is 16.6. The van der Waals surface area contributed by atoms with Crippen molar-refractivity contribution in [3.8, 4) is 0 Å². The molecule has 0 unspecified atom stereocenters. The fourth-order valence-corrected chi connectivity index (χ4v) is 0.909. The minimum atomic E-state index is -0.923. The summed E-state index contributed by atoms with van der Waals surface area (Å²) in [4.78, 5) is 21.9. The first-order chi connectivity index (χ1) is 8.01. The summed E-state index contributed by atoms with van der Waals surface area (Å²) < 4.78 is 9.01. The molecule has 0 aliphatic carbocycles. The van der Waals surface area contributed by atoms with Crippen molar-refractivity contribution in [2.24, 2.45) is 0 Å². The second-order valence-electron chi connectivity index (χ2n) is 3.39. The molecule has 0 radical (unpaired) electrons. The van der Waals surface area contributed by atoms with Gasteiger partial charge in [-0.2, -0.15) is 0 Å². The summed E-state index contributed by atoms with van der Waals surface area (Å²) in [5.41, 5.74) is 0. The van der Waals surface area contributed by atoms with E-state index in [1.54, 1.807) is 13.8 Å². The zero-order valence-electron chi connectivity index (χ0n) is 10.1. The van der Waals surface area contributed by atoms with Crippen molar-refractivity contribution in [2.45, 2.75) is 39.5 Å². The first-order valence-electron chi connectivity index (χ1n) is 5.48. The summed E-state index contributed by atoms with van der Waals surface area (Å²) in [7, 11) is 0. The average Bonchev–Trinajstić information content (AvgIpc) is 2.26. The Morgan fingerprint density at radius 3 is 2.06 bits per heavy atom. The number of aliphatic hydroxyl groups excluding tert-OH is 2. The number of carbonyl (C=O) groups excluding carboxylic acids is 2. The van der Waals surface area contributed by atoms with Crippen molar-refractivity contribution in [1.29, 1.82) is 0 Å². The standard InChI is InChI=1S/C11H18O6/c1-3-5-9(13)16-7-8(12)11(15)17-10(14)6-4-2/h12,15H,3-7H2,1-2H3/b11-8+. The van der Waals surface area contributed by atoms with E-state index in [1.165, 1.54) is 0 Å². The molecule has 98 valence electrons. The second-order valence-corrected chi connectivity index (χ2v) is 3.39. The van der Waals surface area contributed by atoms with Gasteiger partial charge in [-0.3, -0.25) is 9.59 Å². The van der Waals surface area contributed by atoms with Gasteiger partial charge in [0.25, 0.3) is 0 Å². The molecule has 0 rings (SSSR count). The molecule has 0 aromatic rings. The third kappa shape index (κ3) is 7.21. The van der Waals surface area contributed by atoms with Crippen molar-refractivity contribution >= 4 is 11.9 Å². The van der Waals surface area contributed by atoms with Gasteiger partial charge in [0.1, 0.15) is 0 Å². The number of carbonyl (C=O) groups is 2. The van der Waals surface area contributed by atoms with Gasteiger partial charge in [0, 0.05) is 12.8 Å². The van der Waals surface area contributed by atoms with Crippen LogP contribution in [-0.2, 0) is 19.1 Å². The summed E-state index contributed by atoms with van der Waals surface area (Å²) in [5.74, 6) is -2.75. The summed E-state index contributed by atoms with van der Waals surface area (Å²) in [6.45, 7) is 3.07. The monoisotopic (exact) mass is 246 g/mol. The largest absolute Gasteiger partial charge is 0.503 e. The van der Waals surface area contributed by atoms with Gasteiger partial charge in [-0.05, 0) is 12.8 Å². The van der Waals surface area contributed by atoms with E-state index < -0.39 is 30.2 Å². The molecule has 0 aromatic carbocycles. The maximum atomic E-state index is 11.0. The van der Waals surface area contributed by atoms with E-state index in [-0.39, 0.29) is 12.8 Å². The maximum Gasteiger partial charge on any atom is 0.327 e. The highest BCUT2D eigenvalue weighted by Gasteiger charge is 2.12. The van der Waals surface area contributed by atoms with E-state index in [0.717, 1.165) is 0 Å². The quantitative estimate of drug-likeness (QED) is 0.527. The van der Waals surface area contributed by atoms with Gasteiger partial charge in [0.05, 0.1) is 0 Å². The predicted molar refractivity (Wildman–Crippen MR) is 59.2 cm³/mol. The maximum absolute atomic E-state index is 11.0. The van der Waals surface area contributed by atoms with Crippen molar-refractivity contribution in [1.82, 2.24) is 0 Å². The van der Waals surface area contributed by atoms with Crippen LogP contribution in [-0.4, -0.2) is 28.8 Å². The minimum Gasteiger partial charge on any atom is -0.503 e. The van der Waals surface area contributed by atoms with Crippen molar-refractivity contribution < 1.29 is 29.3 Å². The lowest BCUT2D eigenvalue weighted by Gasteiger charge is -2.06. The summed E-state index contributed by atoms with van der Waals surface area (Å²) in [6, 6.07) is 0. The Hall–Kier alpha value is -1.72. The fraction of sp³-hybridized carbons (Fsp3) is 0.636. The first-order valence-corrected chi connectivity index (χ1v) is 5.48.